The number of nitrogens with zero attached hydrogens (tertiary/aromatic N) is 3. The first-order valence-corrected chi connectivity index (χ1v) is 8.44. The van der Waals surface area contributed by atoms with Gasteiger partial charge in [-0.05, 0) is 40.0 Å². The van der Waals surface area contributed by atoms with E-state index in [0.29, 0.717) is 0 Å². The van der Waals surface area contributed by atoms with Crippen LogP contribution in [0.2, 0.25) is 0 Å². The molecule has 112 valence electrons. The van der Waals surface area contributed by atoms with Gasteiger partial charge in [0.15, 0.2) is 5.13 Å². The molecule has 1 fully saturated rings. The molecule has 0 spiro atoms. The summed E-state index contributed by atoms with van der Waals surface area (Å²) in [5, 5.41) is 11.2. The molecular weight excluding hydrogens is 270 g/mol. The Morgan fingerprint density at radius 3 is 2.50 bits per heavy atom. The average Bonchev–Trinajstić information content (AvgIpc) is 2.83. The van der Waals surface area contributed by atoms with Crippen molar-refractivity contribution >= 4 is 16.5 Å². The van der Waals surface area contributed by atoms with Gasteiger partial charge in [-0.25, -0.2) is 4.98 Å². The maximum atomic E-state index is 10.1. The normalized spacial score (nSPS) is 24.8. The lowest BCUT2D eigenvalue weighted by Crippen LogP contribution is -2.53. The second-order valence-corrected chi connectivity index (χ2v) is 7.87. The zero-order valence-electron chi connectivity index (χ0n) is 12.7. The standard InChI is InChI=1S/C15H25N3OS/c1-15(2,3)18-9-7-17(8-10-18)14-16-11-5-4-6-12(19)13(11)20-14/h12,19H,4-10H2,1-3H3. The van der Waals surface area contributed by atoms with E-state index in [1.165, 1.54) is 0 Å². The van der Waals surface area contributed by atoms with Crippen molar-refractivity contribution < 1.29 is 5.11 Å². The van der Waals surface area contributed by atoms with Crippen molar-refractivity contribution in [3.63, 3.8) is 0 Å². The summed E-state index contributed by atoms with van der Waals surface area (Å²) in [7, 11) is 0. The fourth-order valence-electron chi connectivity index (χ4n) is 3.09. The predicted molar refractivity (Wildman–Crippen MR) is 83.6 cm³/mol. The number of aliphatic hydroxyl groups excluding tert-OH is 1. The number of piperazine rings is 1. The molecule has 2 heterocycles. The Bertz CT molecular complexity index is 472. The van der Waals surface area contributed by atoms with E-state index in [9.17, 15) is 5.11 Å². The lowest BCUT2D eigenvalue weighted by Gasteiger charge is -2.42. The van der Waals surface area contributed by atoms with Crippen LogP contribution in [0.25, 0.3) is 0 Å². The zero-order chi connectivity index (χ0) is 14.3. The van der Waals surface area contributed by atoms with E-state index < -0.39 is 0 Å². The molecule has 5 heteroatoms. The van der Waals surface area contributed by atoms with Gasteiger partial charge in [-0.1, -0.05) is 11.3 Å². The van der Waals surface area contributed by atoms with Crippen molar-refractivity contribution in [3.05, 3.63) is 10.6 Å². The van der Waals surface area contributed by atoms with Crippen molar-refractivity contribution in [3.8, 4) is 0 Å². The highest BCUT2D eigenvalue weighted by Gasteiger charge is 2.29. The van der Waals surface area contributed by atoms with E-state index in [1.54, 1.807) is 11.3 Å². The summed E-state index contributed by atoms with van der Waals surface area (Å²) in [4.78, 5) is 10.8. The number of fused-ring (bicyclic) bond motifs is 1. The van der Waals surface area contributed by atoms with Gasteiger partial charge in [0, 0.05) is 31.7 Å². The van der Waals surface area contributed by atoms with E-state index in [-0.39, 0.29) is 11.6 Å². The van der Waals surface area contributed by atoms with Crippen LogP contribution in [0.15, 0.2) is 0 Å². The molecule has 1 aromatic heterocycles. The quantitative estimate of drug-likeness (QED) is 0.864. The third-order valence-corrected chi connectivity index (χ3v) is 5.67. The lowest BCUT2D eigenvalue weighted by molar-refractivity contribution is 0.128. The molecule has 1 atom stereocenters. The molecule has 0 radical (unpaired) electrons. The van der Waals surface area contributed by atoms with Crippen LogP contribution in [-0.4, -0.2) is 46.7 Å². The molecule has 1 saturated heterocycles. The van der Waals surface area contributed by atoms with Gasteiger partial charge >= 0.3 is 0 Å². The second kappa shape index (κ2) is 5.28. The number of hydrogen-bond donors (Lipinski definition) is 1. The van der Waals surface area contributed by atoms with E-state index in [0.717, 1.165) is 61.1 Å². The van der Waals surface area contributed by atoms with Crippen LogP contribution in [0.4, 0.5) is 5.13 Å². The van der Waals surface area contributed by atoms with Crippen molar-refractivity contribution in [1.29, 1.82) is 0 Å². The van der Waals surface area contributed by atoms with Gasteiger partial charge < -0.3 is 10.0 Å². The Hall–Kier alpha value is -0.650. The summed E-state index contributed by atoms with van der Waals surface area (Å²) in [5.41, 5.74) is 1.40. The molecule has 1 unspecified atom stereocenters. The molecule has 4 nitrogen and oxygen atoms in total. The SMILES string of the molecule is CC(C)(C)N1CCN(c2nc3c(s2)C(O)CCC3)CC1. The molecule has 0 amide bonds. The minimum absolute atomic E-state index is 0.254. The summed E-state index contributed by atoms with van der Waals surface area (Å²) >= 11 is 1.70. The Morgan fingerprint density at radius 1 is 1.20 bits per heavy atom. The van der Waals surface area contributed by atoms with Gasteiger partial charge in [0.05, 0.1) is 16.7 Å². The number of aliphatic hydroxyl groups is 1. The van der Waals surface area contributed by atoms with Crippen LogP contribution >= 0.6 is 11.3 Å². The summed E-state index contributed by atoms with van der Waals surface area (Å²) < 4.78 is 0. The van der Waals surface area contributed by atoms with Gasteiger partial charge in [-0.3, -0.25) is 4.90 Å². The Balaban J connectivity index is 1.70. The lowest BCUT2D eigenvalue weighted by atomic mass is 10.0. The number of aromatic nitrogens is 1. The van der Waals surface area contributed by atoms with E-state index in [4.69, 9.17) is 4.98 Å². The van der Waals surface area contributed by atoms with Crippen molar-refractivity contribution in [2.24, 2.45) is 0 Å². The highest BCUT2D eigenvalue weighted by Crippen LogP contribution is 2.37. The van der Waals surface area contributed by atoms with E-state index >= 15 is 0 Å². The van der Waals surface area contributed by atoms with Crippen molar-refractivity contribution in [1.82, 2.24) is 9.88 Å². The Labute approximate surface area is 125 Å². The first-order chi connectivity index (χ1) is 9.45. The van der Waals surface area contributed by atoms with E-state index in [2.05, 4.69) is 30.6 Å². The molecule has 0 bridgehead atoms. The molecule has 1 aromatic rings. The number of anilines is 1. The Morgan fingerprint density at radius 2 is 1.90 bits per heavy atom. The first kappa shape index (κ1) is 14.3. The van der Waals surface area contributed by atoms with Gasteiger partial charge in [0.2, 0.25) is 0 Å². The fourth-order valence-corrected chi connectivity index (χ4v) is 4.27. The number of thiazole rings is 1. The van der Waals surface area contributed by atoms with Crippen LogP contribution in [-0.2, 0) is 6.42 Å². The van der Waals surface area contributed by atoms with Crippen LogP contribution in [0.1, 0.15) is 50.3 Å². The summed E-state index contributed by atoms with van der Waals surface area (Å²) in [6.07, 6.45) is 2.72. The highest BCUT2D eigenvalue weighted by molar-refractivity contribution is 7.15. The number of rotatable bonds is 1. The number of hydrogen-bond acceptors (Lipinski definition) is 5. The molecule has 2 aliphatic rings. The minimum atomic E-state index is -0.277. The molecule has 1 N–H and O–H groups in total. The minimum Gasteiger partial charge on any atom is -0.388 e. The average molecular weight is 295 g/mol. The van der Waals surface area contributed by atoms with Crippen LogP contribution in [0.3, 0.4) is 0 Å². The van der Waals surface area contributed by atoms with Gasteiger partial charge in [-0.2, -0.15) is 0 Å². The zero-order valence-corrected chi connectivity index (χ0v) is 13.5. The fraction of sp³-hybridized carbons (Fsp3) is 0.800. The monoisotopic (exact) mass is 295 g/mol. The van der Waals surface area contributed by atoms with Crippen molar-refractivity contribution in [2.75, 3.05) is 31.1 Å². The third-order valence-electron chi connectivity index (χ3n) is 4.41. The second-order valence-electron chi connectivity index (χ2n) is 6.86. The predicted octanol–water partition coefficient (Wildman–Crippen LogP) is 2.43. The maximum Gasteiger partial charge on any atom is 0.185 e. The van der Waals surface area contributed by atoms with Gasteiger partial charge in [0.25, 0.3) is 0 Å². The smallest absolute Gasteiger partial charge is 0.185 e. The summed E-state index contributed by atoms with van der Waals surface area (Å²) in [6, 6.07) is 0. The molecule has 1 aliphatic carbocycles. The molecular formula is C15H25N3OS. The third kappa shape index (κ3) is 2.71. The molecule has 0 saturated carbocycles. The van der Waals surface area contributed by atoms with Gasteiger partial charge in [0.1, 0.15) is 0 Å². The highest BCUT2D eigenvalue weighted by atomic mass is 32.1. The largest absolute Gasteiger partial charge is 0.388 e. The van der Waals surface area contributed by atoms with Crippen LogP contribution in [0, 0.1) is 0 Å². The van der Waals surface area contributed by atoms with E-state index in [1.807, 2.05) is 0 Å². The molecule has 20 heavy (non-hydrogen) atoms. The molecule has 1 aliphatic heterocycles. The Kier molecular flexibility index (Phi) is 3.77. The van der Waals surface area contributed by atoms with Gasteiger partial charge in [-0.15, -0.1) is 0 Å². The summed E-state index contributed by atoms with van der Waals surface area (Å²) in [6.45, 7) is 11.1. The van der Waals surface area contributed by atoms with Crippen LogP contribution in [0.5, 0.6) is 0 Å². The number of aryl methyl sites for hydroxylation is 1. The van der Waals surface area contributed by atoms with Crippen LogP contribution < -0.4 is 4.90 Å². The first-order valence-electron chi connectivity index (χ1n) is 7.63. The topological polar surface area (TPSA) is 39.6 Å². The van der Waals surface area contributed by atoms with Crippen molar-refractivity contribution in [2.45, 2.75) is 51.7 Å². The molecule has 0 aromatic carbocycles. The maximum absolute atomic E-state index is 10.1. The molecule has 3 rings (SSSR count). The summed E-state index contributed by atoms with van der Waals surface area (Å²) in [5.74, 6) is 0.